The summed E-state index contributed by atoms with van der Waals surface area (Å²) in [6.45, 7) is 5.74. The molecule has 1 aliphatic heterocycles. The summed E-state index contributed by atoms with van der Waals surface area (Å²) in [5.41, 5.74) is 3.53. The molecule has 4 N–H and O–H groups in total. The van der Waals surface area contributed by atoms with Crippen molar-refractivity contribution in [3.05, 3.63) is 54.9 Å². The van der Waals surface area contributed by atoms with Gasteiger partial charge in [0.2, 0.25) is 5.95 Å². The molecule has 2 aromatic carbocycles. The zero-order chi connectivity index (χ0) is 29.1. The maximum absolute atomic E-state index is 13.1. The Labute approximate surface area is 245 Å². The minimum absolute atomic E-state index is 0.148. The van der Waals surface area contributed by atoms with Crippen molar-refractivity contribution in [2.75, 3.05) is 46.6 Å². The lowest BCUT2D eigenvalue weighted by molar-refractivity contribution is 0.122. The molecule has 2 aromatic heterocycles. The number of imidazole rings is 1. The summed E-state index contributed by atoms with van der Waals surface area (Å²) in [4.78, 5) is 16.3. The summed E-state index contributed by atoms with van der Waals surface area (Å²) in [6.07, 6.45) is 4.69. The van der Waals surface area contributed by atoms with E-state index in [0.29, 0.717) is 54.1 Å². The molecular weight excluding hydrogens is 556 g/mol. The van der Waals surface area contributed by atoms with E-state index in [1.165, 1.54) is 0 Å². The van der Waals surface area contributed by atoms with Gasteiger partial charge in [-0.3, -0.25) is 4.72 Å². The highest BCUT2D eigenvalue weighted by Crippen LogP contribution is 2.28. The number of sulfonamides is 1. The molecule has 2 aliphatic rings. The van der Waals surface area contributed by atoms with Crippen molar-refractivity contribution in [2.24, 2.45) is 0 Å². The zero-order valence-corrected chi connectivity index (χ0v) is 24.3. The standard InChI is InChI=1S/C29H36N8O4S/c1-2-36-19-30-26-27(33-29(34-28(26)36)32-21-5-11-24(38)12-6-21)31-20-7-13-25(14-8-20)42(39,40)35-22-3-9-23(10-4-22)37-15-17-41-18-16-37/h3-4,7-10,13-14,19,21,24,35,38H,2,5-6,11-12,15-18H2,1H3,(H2,31,32,33,34)/t21-,24-. The van der Waals surface area contributed by atoms with Gasteiger partial charge in [0.25, 0.3) is 10.0 Å². The first-order chi connectivity index (χ1) is 20.4. The van der Waals surface area contributed by atoms with E-state index in [0.717, 1.165) is 44.5 Å². The number of benzene rings is 2. The van der Waals surface area contributed by atoms with E-state index < -0.39 is 10.0 Å². The van der Waals surface area contributed by atoms with Crippen molar-refractivity contribution in [3.8, 4) is 0 Å². The first kappa shape index (κ1) is 28.2. The van der Waals surface area contributed by atoms with Crippen molar-refractivity contribution < 1.29 is 18.3 Å². The highest BCUT2D eigenvalue weighted by atomic mass is 32.2. The molecule has 1 saturated carbocycles. The molecule has 0 spiro atoms. The highest BCUT2D eigenvalue weighted by Gasteiger charge is 2.22. The number of fused-ring (bicyclic) bond motifs is 1. The van der Waals surface area contributed by atoms with Crippen LogP contribution >= 0.6 is 0 Å². The van der Waals surface area contributed by atoms with Gasteiger partial charge < -0.3 is 29.9 Å². The number of rotatable bonds is 9. The number of aliphatic hydroxyl groups is 1. The average molecular weight is 593 g/mol. The molecule has 1 saturated heterocycles. The normalized spacial score (nSPS) is 19.5. The van der Waals surface area contributed by atoms with Gasteiger partial charge >= 0.3 is 0 Å². The van der Waals surface area contributed by atoms with Gasteiger partial charge in [-0.1, -0.05) is 0 Å². The van der Waals surface area contributed by atoms with Crippen LogP contribution in [0, 0.1) is 0 Å². The fraction of sp³-hybridized carbons (Fsp3) is 0.414. The largest absolute Gasteiger partial charge is 0.393 e. The van der Waals surface area contributed by atoms with Crippen LogP contribution in [0.2, 0.25) is 0 Å². The fourth-order valence-electron chi connectivity index (χ4n) is 5.36. The summed E-state index contributed by atoms with van der Waals surface area (Å²) in [6, 6.07) is 14.1. The smallest absolute Gasteiger partial charge is 0.261 e. The number of anilines is 5. The lowest BCUT2D eigenvalue weighted by atomic mass is 9.93. The molecule has 3 heterocycles. The van der Waals surface area contributed by atoms with Crippen LogP contribution in [0.1, 0.15) is 32.6 Å². The number of hydrogen-bond donors (Lipinski definition) is 4. The van der Waals surface area contributed by atoms with E-state index in [1.807, 2.05) is 23.6 Å². The van der Waals surface area contributed by atoms with Crippen LogP contribution in [0.25, 0.3) is 11.2 Å². The Morgan fingerprint density at radius 2 is 1.64 bits per heavy atom. The SMILES string of the molecule is CCn1cnc2c(Nc3ccc(S(=O)(=O)Nc4ccc(N5CCOCC5)cc4)cc3)nc(N[C@H]3CC[C@H](O)CC3)nc21. The molecule has 4 aromatic rings. The Bertz CT molecular complexity index is 1610. The first-order valence-corrected chi connectivity index (χ1v) is 15.9. The van der Waals surface area contributed by atoms with E-state index in [1.54, 1.807) is 42.7 Å². The predicted molar refractivity (Wildman–Crippen MR) is 163 cm³/mol. The Hall–Kier alpha value is -3.94. The Balaban J connectivity index is 1.17. The summed E-state index contributed by atoms with van der Waals surface area (Å²) < 4.78 is 36.2. The lowest BCUT2D eigenvalue weighted by Gasteiger charge is -2.28. The summed E-state index contributed by atoms with van der Waals surface area (Å²) in [5, 5.41) is 16.6. The van der Waals surface area contributed by atoms with Crippen molar-refractivity contribution in [1.82, 2.24) is 19.5 Å². The Kier molecular flexibility index (Phi) is 8.13. The van der Waals surface area contributed by atoms with E-state index in [9.17, 15) is 13.5 Å². The molecule has 222 valence electrons. The van der Waals surface area contributed by atoms with Crippen molar-refractivity contribution in [1.29, 1.82) is 0 Å². The third-order valence-corrected chi connectivity index (χ3v) is 9.15. The third-order valence-electron chi connectivity index (χ3n) is 7.76. The Morgan fingerprint density at radius 1 is 0.952 bits per heavy atom. The molecule has 0 atom stereocenters. The van der Waals surface area contributed by atoms with Crippen LogP contribution in [-0.4, -0.2) is 71.5 Å². The number of hydrogen-bond acceptors (Lipinski definition) is 10. The lowest BCUT2D eigenvalue weighted by Crippen LogP contribution is -2.36. The molecule has 0 bridgehead atoms. The fourth-order valence-corrected chi connectivity index (χ4v) is 6.42. The van der Waals surface area contributed by atoms with Crippen LogP contribution in [-0.2, 0) is 21.3 Å². The quantitative estimate of drug-likeness (QED) is 0.225. The van der Waals surface area contributed by atoms with Crippen LogP contribution in [0.15, 0.2) is 59.8 Å². The molecule has 0 amide bonds. The summed E-state index contributed by atoms with van der Waals surface area (Å²) in [7, 11) is -3.78. The van der Waals surface area contributed by atoms with Crippen molar-refractivity contribution in [3.63, 3.8) is 0 Å². The van der Waals surface area contributed by atoms with Crippen LogP contribution in [0.4, 0.5) is 28.8 Å². The van der Waals surface area contributed by atoms with Gasteiger partial charge in [0.05, 0.1) is 30.5 Å². The number of nitrogens with zero attached hydrogens (tertiary/aromatic N) is 5. The molecule has 13 heteroatoms. The molecule has 0 unspecified atom stereocenters. The van der Waals surface area contributed by atoms with Crippen LogP contribution in [0.5, 0.6) is 0 Å². The molecule has 1 aliphatic carbocycles. The van der Waals surface area contributed by atoms with Crippen molar-refractivity contribution in [2.45, 2.75) is 56.2 Å². The second-order valence-corrected chi connectivity index (χ2v) is 12.3. The topological polar surface area (TPSA) is 147 Å². The monoisotopic (exact) mass is 592 g/mol. The minimum Gasteiger partial charge on any atom is -0.393 e. The van der Waals surface area contributed by atoms with Crippen LogP contribution in [0.3, 0.4) is 0 Å². The third kappa shape index (κ3) is 6.27. The minimum atomic E-state index is -3.78. The number of morpholine rings is 1. The highest BCUT2D eigenvalue weighted by molar-refractivity contribution is 7.92. The second kappa shape index (κ2) is 12.1. The van der Waals surface area contributed by atoms with Gasteiger partial charge in [-0.25, -0.2) is 13.4 Å². The van der Waals surface area contributed by atoms with Gasteiger partial charge in [-0.2, -0.15) is 9.97 Å². The first-order valence-electron chi connectivity index (χ1n) is 14.4. The van der Waals surface area contributed by atoms with Gasteiger partial charge in [0, 0.05) is 42.7 Å². The van der Waals surface area contributed by atoms with E-state index >= 15 is 0 Å². The van der Waals surface area contributed by atoms with Crippen LogP contribution < -0.4 is 20.3 Å². The van der Waals surface area contributed by atoms with Gasteiger partial charge in [0.1, 0.15) is 0 Å². The molecular formula is C29H36N8O4S. The summed E-state index contributed by atoms with van der Waals surface area (Å²) >= 11 is 0. The van der Waals surface area contributed by atoms with Gasteiger partial charge in [-0.05, 0) is 81.1 Å². The van der Waals surface area contributed by atoms with Gasteiger partial charge in [-0.15, -0.1) is 0 Å². The number of nitrogens with one attached hydrogen (secondary N) is 3. The van der Waals surface area contributed by atoms with E-state index in [-0.39, 0.29) is 17.0 Å². The Morgan fingerprint density at radius 3 is 2.33 bits per heavy atom. The molecule has 12 nitrogen and oxygen atoms in total. The van der Waals surface area contributed by atoms with Crippen molar-refractivity contribution >= 4 is 50.0 Å². The number of aromatic nitrogens is 4. The van der Waals surface area contributed by atoms with E-state index in [2.05, 4.69) is 25.2 Å². The van der Waals surface area contributed by atoms with Gasteiger partial charge in [0.15, 0.2) is 17.0 Å². The molecule has 42 heavy (non-hydrogen) atoms. The molecule has 6 rings (SSSR count). The number of aliphatic hydroxyl groups excluding tert-OH is 1. The average Bonchev–Trinajstić information content (AvgIpc) is 3.43. The number of ether oxygens (including phenoxy) is 1. The zero-order valence-electron chi connectivity index (χ0n) is 23.5. The maximum atomic E-state index is 13.1. The number of aryl methyl sites for hydroxylation is 1. The molecule has 2 fully saturated rings. The van der Waals surface area contributed by atoms with E-state index in [4.69, 9.17) is 14.7 Å². The molecule has 0 radical (unpaired) electrons. The summed E-state index contributed by atoms with van der Waals surface area (Å²) in [5.74, 6) is 1.02. The maximum Gasteiger partial charge on any atom is 0.261 e. The second-order valence-electron chi connectivity index (χ2n) is 10.6. The predicted octanol–water partition coefficient (Wildman–Crippen LogP) is 3.94.